The molecule has 1 heterocycles. The molecule has 1 saturated heterocycles. The van der Waals surface area contributed by atoms with Crippen molar-refractivity contribution < 1.29 is 8.42 Å². The van der Waals surface area contributed by atoms with Crippen molar-refractivity contribution >= 4 is 10.2 Å². The Morgan fingerprint density at radius 3 is 2.54 bits per heavy atom. The lowest BCUT2D eigenvalue weighted by Gasteiger charge is -2.31. The Bertz CT molecular complexity index is 263. The van der Waals surface area contributed by atoms with E-state index in [0.29, 0.717) is 13.1 Å². The van der Waals surface area contributed by atoms with Crippen LogP contribution in [0.25, 0.3) is 0 Å². The molecular formula is C7H17N3O2S. The summed E-state index contributed by atoms with van der Waals surface area (Å²) in [6.45, 7) is 1.04. The third-order valence-electron chi connectivity index (χ3n) is 2.21. The standard InChI is InChI=1S/C7H17N3O2S/c1-9(2)13(11,12)10-5-3-4-7(8)6-10/h7H,3-6,8H2,1-2H3. The Morgan fingerprint density at radius 1 is 1.46 bits per heavy atom. The fraction of sp³-hybridized carbons (Fsp3) is 1.00. The average Bonchev–Trinajstić information content (AvgIpc) is 2.04. The van der Waals surface area contributed by atoms with E-state index in [-0.39, 0.29) is 6.04 Å². The first kappa shape index (κ1) is 10.9. The zero-order chi connectivity index (χ0) is 10.1. The first-order valence-electron chi connectivity index (χ1n) is 4.38. The van der Waals surface area contributed by atoms with E-state index in [0.717, 1.165) is 12.8 Å². The summed E-state index contributed by atoms with van der Waals surface area (Å²) in [7, 11) is -0.172. The van der Waals surface area contributed by atoms with Gasteiger partial charge in [-0.1, -0.05) is 0 Å². The molecule has 0 radical (unpaired) electrons. The minimum absolute atomic E-state index is 0.0107. The summed E-state index contributed by atoms with van der Waals surface area (Å²) in [5.41, 5.74) is 5.70. The zero-order valence-electron chi connectivity index (χ0n) is 8.10. The van der Waals surface area contributed by atoms with E-state index in [1.54, 1.807) is 0 Å². The number of piperidine rings is 1. The molecule has 13 heavy (non-hydrogen) atoms. The van der Waals surface area contributed by atoms with Gasteiger partial charge in [0.15, 0.2) is 0 Å². The largest absolute Gasteiger partial charge is 0.327 e. The molecule has 5 nitrogen and oxygen atoms in total. The first-order valence-corrected chi connectivity index (χ1v) is 5.77. The van der Waals surface area contributed by atoms with Crippen LogP contribution in [0.5, 0.6) is 0 Å². The fourth-order valence-electron chi connectivity index (χ4n) is 1.41. The van der Waals surface area contributed by atoms with Crippen LogP contribution in [0.1, 0.15) is 12.8 Å². The van der Waals surface area contributed by atoms with Crippen molar-refractivity contribution in [3.05, 3.63) is 0 Å². The SMILES string of the molecule is CN(C)S(=O)(=O)N1CCCC(N)C1. The quantitative estimate of drug-likeness (QED) is 0.645. The highest BCUT2D eigenvalue weighted by molar-refractivity contribution is 7.86. The van der Waals surface area contributed by atoms with E-state index in [1.807, 2.05) is 0 Å². The lowest BCUT2D eigenvalue weighted by Crippen LogP contribution is -2.49. The van der Waals surface area contributed by atoms with Gasteiger partial charge in [-0.25, -0.2) is 0 Å². The van der Waals surface area contributed by atoms with Crippen LogP contribution in [0.2, 0.25) is 0 Å². The predicted octanol–water partition coefficient (Wildman–Crippen LogP) is -0.784. The van der Waals surface area contributed by atoms with Crippen molar-refractivity contribution in [2.75, 3.05) is 27.2 Å². The third-order valence-corrected chi connectivity index (χ3v) is 4.12. The van der Waals surface area contributed by atoms with Gasteiger partial charge in [0.2, 0.25) is 0 Å². The van der Waals surface area contributed by atoms with Gasteiger partial charge in [0.05, 0.1) is 0 Å². The van der Waals surface area contributed by atoms with Crippen LogP contribution in [0.4, 0.5) is 0 Å². The third kappa shape index (κ3) is 2.40. The monoisotopic (exact) mass is 207 g/mol. The Labute approximate surface area is 79.7 Å². The molecule has 1 rings (SSSR count). The van der Waals surface area contributed by atoms with Crippen molar-refractivity contribution in [1.29, 1.82) is 0 Å². The molecular weight excluding hydrogens is 190 g/mol. The molecule has 1 aliphatic rings. The molecule has 0 aliphatic carbocycles. The molecule has 78 valence electrons. The minimum Gasteiger partial charge on any atom is -0.327 e. The molecule has 0 spiro atoms. The van der Waals surface area contributed by atoms with Gasteiger partial charge in [-0.3, -0.25) is 0 Å². The molecule has 1 aliphatic heterocycles. The number of rotatable bonds is 2. The Balaban J connectivity index is 2.71. The molecule has 0 aromatic rings. The van der Waals surface area contributed by atoms with E-state index < -0.39 is 10.2 Å². The summed E-state index contributed by atoms with van der Waals surface area (Å²) in [6.07, 6.45) is 1.77. The van der Waals surface area contributed by atoms with E-state index in [4.69, 9.17) is 5.73 Å². The topological polar surface area (TPSA) is 66.6 Å². The Morgan fingerprint density at radius 2 is 2.08 bits per heavy atom. The van der Waals surface area contributed by atoms with Gasteiger partial charge >= 0.3 is 0 Å². The summed E-state index contributed by atoms with van der Waals surface area (Å²) < 4.78 is 25.9. The van der Waals surface area contributed by atoms with Gasteiger partial charge in [0.25, 0.3) is 10.2 Å². The second-order valence-electron chi connectivity index (χ2n) is 3.55. The van der Waals surface area contributed by atoms with Gasteiger partial charge in [0.1, 0.15) is 0 Å². The second kappa shape index (κ2) is 3.91. The van der Waals surface area contributed by atoms with Gasteiger partial charge in [-0.05, 0) is 12.8 Å². The summed E-state index contributed by atoms with van der Waals surface area (Å²) in [6, 6.07) is -0.0107. The summed E-state index contributed by atoms with van der Waals surface area (Å²) in [5.74, 6) is 0. The highest BCUT2D eigenvalue weighted by Crippen LogP contribution is 2.13. The molecule has 1 fully saturated rings. The number of hydrogen-bond acceptors (Lipinski definition) is 3. The van der Waals surface area contributed by atoms with Crippen LogP contribution >= 0.6 is 0 Å². The van der Waals surface area contributed by atoms with Crippen molar-refractivity contribution in [1.82, 2.24) is 8.61 Å². The van der Waals surface area contributed by atoms with Crippen molar-refractivity contribution in [3.63, 3.8) is 0 Å². The van der Waals surface area contributed by atoms with Crippen LogP contribution in [0.15, 0.2) is 0 Å². The van der Waals surface area contributed by atoms with Crippen LogP contribution in [0, 0.1) is 0 Å². The van der Waals surface area contributed by atoms with Crippen LogP contribution in [-0.2, 0) is 10.2 Å². The van der Waals surface area contributed by atoms with E-state index in [2.05, 4.69) is 0 Å². The number of nitrogens with two attached hydrogens (primary N) is 1. The van der Waals surface area contributed by atoms with E-state index >= 15 is 0 Å². The second-order valence-corrected chi connectivity index (χ2v) is 5.69. The summed E-state index contributed by atoms with van der Waals surface area (Å²) in [5, 5.41) is 0. The average molecular weight is 207 g/mol. The number of hydrogen-bond donors (Lipinski definition) is 1. The van der Waals surface area contributed by atoms with Crippen molar-refractivity contribution in [3.8, 4) is 0 Å². The number of nitrogens with zero attached hydrogens (tertiary/aromatic N) is 2. The van der Waals surface area contributed by atoms with E-state index in [9.17, 15) is 8.42 Å². The fourth-order valence-corrected chi connectivity index (χ4v) is 2.62. The lowest BCUT2D eigenvalue weighted by atomic mass is 10.1. The maximum atomic E-state index is 11.6. The molecule has 0 amide bonds. The Kier molecular flexibility index (Phi) is 3.28. The van der Waals surface area contributed by atoms with Crippen LogP contribution in [-0.4, -0.2) is 50.3 Å². The summed E-state index contributed by atoms with van der Waals surface area (Å²) in [4.78, 5) is 0. The minimum atomic E-state index is -3.25. The molecule has 0 saturated carbocycles. The molecule has 0 aromatic heterocycles. The van der Waals surface area contributed by atoms with Gasteiger partial charge in [-0.2, -0.15) is 17.0 Å². The highest BCUT2D eigenvalue weighted by atomic mass is 32.2. The highest BCUT2D eigenvalue weighted by Gasteiger charge is 2.28. The van der Waals surface area contributed by atoms with E-state index in [1.165, 1.54) is 22.7 Å². The van der Waals surface area contributed by atoms with Gasteiger partial charge < -0.3 is 5.73 Å². The molecule has 1 atom stereocenters. The maximum Gasteiger partial charge on any atom is 0.281 e. The van der Waals surface area contributed by atoms with Crippen molar-refractivity contribution in [2.24, 2.45) is 5.73 Å². The van der Waals surface area contributed by atoms with Crippen LogP contribution < -0.4 is 5.73 Å². The molecule has 0 aromatic carbocycles. The Hall–Kier alpha value is -0.170. The zero-order valence-corrected chi connectivity index (χ0v) is 8.92. The van der Waals surface area contributed by atoms with Gasteiger partial charge in [-0.15, -0.1) is 0 Å². The molecule has 2 N–H and O–H groups in total. The molecule has 1 unspecified atom stereocenters. The predicted molar refractivity (Wildman–Crippen MR) is 51.4 cm³/mol. The summed E-state index contributed by atoms with van der Waals surface area (Å²) >= 11 is 0. The molecule has 0 bridgehead atoms. The first-order chi connectivity index (χ1) is 5.94. The maximum absolute atomic E-state index is 11.6. The van der Waals surface area contributed by atoms with Gasteiger partial charge in [0, 0.05) is 33.2 Å². The van der Waals surface area contributed by atoms with Crippen molar-refractivity contribution in [2.45, 2.75) is 18.9 Å². The molecule has 6 heteroatoms. The smallest absolute Gasteiger partial charge is 0.281 e. The van der Waals surface area contributed by atoms with Crippen LogP contribution in [0.3, 0.4) is 0 Å². The normalized spacial score (nSPS) is 26.6. The lowest BCUT2D eigenvalue weighted by molar-refractivity contribution is 0.299.